The molecule has 2 amide bonds. The molecule has 0 aromatic carbocycles. The minimum atomic E-state index is -0.484. The molecule has 1 aliphatic rings. The van der Waals surface area contributed by atoms with Crippen molar-refractivity contribution in [3.05, 3.63) is 16.5 Å². The Kier molecular flexibility index (Phi) is 5.16. The smallest absolute Gasteiger partial charge is 0.262 e. The summed E-state index contributed by atoms with van der Waals surface area (Å²) in [6.45, 7) is 7.37. The van der Waals surface area contributed by atoms with Gasteiger partial charge in [-0.2, -0.15) is 0 Å². The molecule has 5 nitrogen and oxygen atoms in total. The molecule has 2 rings (SSSR count). The molecule has 23 heavy (non-hydrogen) atoms. The van der Waals surface area contributed by atoms with Gasteiger partial charge in [-0.3, -0.25) is 9.59 Å². The van der Waals surface area contributed by atoms with Crippen molar-refractivity contribution in [1.82, 2.24) is 5.32 Å². The zero-order valence-corrected chi connectivity index (χ0v) is 15.1. The van der Waals surface area contributed by atoms with Gasteiger partial charge in [-0.15, -0.1) is 11.3 Å². The number of amides is 2. The van der Waals surface area contributed by atoms with E-state index in [-0.39, 0.29) is 18.4 Å². The zero-order chi connectivity index (χ0) is 17.3. The molecule has 0 atom stereocenters. The molecule has 0 unspecified atom stereocenters. The molecule has 1 aromatic rings. The second-order valence-electron chi connectivity index (χ2n) is 7.43. The Morgan fingerprint density at radius 3 is 2.43 bits per heavy atom. The molecule has 0 bridgehead atoms. The van der Waals surface area contributed by atoms with E-state index in [9.17, 15) is 14.7 Å². The minimum Gasteiger partial charge on any atom is -0.394 e. The van der Waals surface area contributed by atoms with Crippen LogP contribution in [0, 0.1) is 12.3 Å². The number of aliphatic hydroxyl groups excluding tert-OH is 1. The van der Waals surface area contributed by atoms with Gasteiger partial charge in [-0.05, 0) is 31.4 Å². The van der Waals surface area contributed by atoms with Crippen molar-refractivity contribution < 1.29 is 14.7 Å². The van der Waals surface area contributed by atoms with E-state index in [4.69, 9.17) is 0 Å². The Morgan fingerprint density at radius 1 is 1.30 bits per heavy atom. The highest BCUT2D eigenvalue weighted by Gasteiger charge is 2.35. The number of aryl methyl sites for hydroxylation is 1. The van der Waals surface area contributed by atoms with Crippen LogP contribution in [0.1, 0.15) is 61.7 Å². The molecule has 0 saturated heterocycles. The van der Waals surface area contributed by atoms with E-state index in [2.05, 4.69) is 10.6 Å². The fraction of sp³-hybridized carbons (Fsp3) is 0.647. The Labute approximate surface area is 141 Å². The molecule has 1 saturated carbocycles. The number of aliphatic hydroxyl groups is 1. The van der Waals surface area contributed by atoms with Crippen LogP contribution >= 0.6 is 11.3 Å². The Balaban J connectivity index is 2.11. The maximum absolute atomic E-state index is 12.6. The van der Waals surface area contributed by atoms with Crippen LogP contribution in [0.15, 0.2) is 6.07 Å². The predicted octanol–water partition coefficient (Wildman–Crippen LogP) is 3.08. The van der Waals surface area contributed by atoms with Crippen molar-refractivity contribution in [3.8, 4) is 0 Å². The highest BCUT2D eigenvalue weighted by Crippen LogP contribution is 2.32. The average molecular weight is 338 g/mol. The SMILES string of the molecule is Cc1cc(NC(=O)C(C)(C)C)sc1C(=O)NC1(CO)CCCC1. The van der Waals surface area contributed by atoms with Crippen LogP contribution in [-0.2, 0) is 4.79 Å². The number of anilines is 1. The molecule has 1 heterocycles. The van der Waals surface area contributed by atoms with Gasteiger partial charge in [-0.1, -0.05) is 33.6 Å². The highest BCUT2D eigenvalue weighted by molar-refractivity contribution is 7.18. The van der Waals surface area contributed by atoms with Crippen LogP contribution in [0.5, 0.6) is 0 Å². The Morgan fingerprint density at radius 2 is 1.91 bits per heavy atom. The fourth-order valence-corrected chi connectivity index (χ4v) is 3.70. The topological polar surface area (TPSA) is 78.4 Å². The first-order valence-corrected chi connectivity index (χ1v) is 8.84. The summed E-state index contributed by atoms with van der Waals surface area (Å²) < 4.78 is 0. The molecule has 0 aliphatic heterocycles. The van der Waals surface area contributed by atoms with Crippen molar-refractivity contribution in [2.45, 2.75) is 58.9 Å². The lowest BCUT2D eigenvalue weighted by molar-refractivity contribution is -0.123. The lowest BCUT2D eigenvalue weighted by atomic mass is 9.96. The average Bonchev–Trinajstić information content (AvgIpc) is 3.05. The second-order valence-corrected chi connectivity index (χ2v) is 8.48. The molecule has 0 radical (unpaired) electrons. The second kappa shape index (κ2) is 6.61. The van der Waals surface area contributed by atoms with Gasteiger partial charge in [-0.25, -0.2) is 0 Å². The van der Waals surface area contributed by atoms with E-state index < -0.39 is 11.0 Å². The van der Waals surface area contributed by atoms with Gasteiger partial charge >= 0.3 is 0 Å². The summed E-state index contributed by atoms with van der Waals surface area (Å²) in [6.07, 6.45) is 3.68. The maximum atomic E-state index is 12.6. The fourth-order valence-electron chi connectivity index (χ4n) is 2.74. The van der Waals surface area contributed by atoms with Gasteiger partial charge in [0.05, 0.1) is 22.0 Å². The van der Waals surface area contributed by atoms with Crippen molar-refractivity contribution in [1.29, 1.82) is 0 Å². The molecular formula is C17H26N2O3S. The highest BCUT2D eigenvalue weighted by atomic mass is 32.1. The van der Waals surface area contributed by atoms with Crippen molar-refractivity contribution >= 4 is 28.2 Å². The summed E-state index contributed by atoms with van der Waals surface area (Å²) in [5.74, 6) is -0.243. The van der Waals surface area contributed by atoms with Crippen molar-refractivity contribution in [3.63, 3.8) is 0 Å². The third kappa shape index (κ3) is 4.12. The molecule has 1 fully saturated rings. The first-order valence-electron chi connectivity index (χ1n) is 8.02. The van der Waals surface area contributed by atoms with Crippen LogP contribution in [0.4, 0.5) is 5.00 Å². The van der Waals surface area contributed by atoms with Gasteiger partial charge in [0.2, 0.25) is 5.91 Å². The van der Waals surface area contributed by atoms with Crippen LogP contribution in [0.25, 0.3) is 0 Å². The lowest BCUT2D eigenvalue weighted by Gasteiger charge is -2.27. The number of rotatable bonds is 4. The molecule has 0 spiro atoms. The number of hydrogen-bond donors (Lipinski definition) is 3. The first-order chi connectivity index (χ1) is 10.7. The summed E-state index contributed by atoms with van der Waals surface area (Å²) in [5, 5.41) is 16.2. The van der Waals surface area contributed by atoms with Crippen molar-refractivity contribution in [2.24, 2.45) is 5.41 Å². The monoisotopic (exact) mass is 338 g/mol. The summed E-state index contributed by atoms with van der Waals surface area (Å²) in [7, 11) is 0. The standard InChI is InChI=1S/C17H26N2O3S/c1-11-9-12(18-15(22)16(2,3)4)23-13(11)14(21)19-17(10-20)7-5-6-8-17/h9,20H,5-8,10H2,1-4H3,(H,18,22)(H,19,21). The van der Waals surface area contributed by atoms with E-state index in [0.29, 0.717) is 9.88 Å². The predicted molar refractivity (Wildman–Crippen MR) is 92.9 cm³/mol. The van der Waals surface area contributed by atoms with E-state index >= 15 is 0 Å². The molecular weight excluding hydrogens is 312 g/mol. The van der Waals surface area contributed by atoms with E-state index in [1.54, 1.807) is 0 Å². The van der Waals surface area contributed by atoms with Gasteiger partial charge in [0.25, 0.3) is 5.91 Å². The van der Waals surface area contributed by atoms with Gasteiger partial charge in [0, 0.05) is 5.41 Å². The van der Waals surface area contributed by atoms with Crippen LogP contribution in [-0.4, -0.2) is 29.1 Å². The van der Waals surface area contributed by atoms with Crippen LogP contribution in [0.2, 0.25) is 0 Å². The Bertz CT molecular complexity index is 595. The minimum absolute atomic E-state index is 0.0310. The van der Waals surface area contributed by atoms with E-state index in [0.717, 1.165) is 31.2 Å². The molecule has 128 valence electrons. The quantitative estimate of drug-likeness (QED) is 0.789. The number of carbonyl (C=O) groups excluding carboxylic acids is 2. The number of hydrogen-bond acceptors (Lipinski definition) is 4. The maximum Gasteiger partial charge on any atom is 0.262 e. The summed E-state index contributed by atoms with van der Waals surface area (Å²) in [4.78, 5) is 25.2. The zero-order valence-electron chi connectivity index (χ0n) is 14.3. The summed E-state index contributed by atoms with van der Waals surface area (Å²) in [6, 6.07) is 1.82. The van der Waals surface area contributed by atoms with Gasteiger partial charge in [0.15, 0.2) is 0 Å². The molecule has 6 heteroatoms. The van der Waals surface area contributed by atoms with Crippen LogP contribution in [0.3, 0.4) is 0 Å². The number of thiophene rings is 1. The Hall–Kier alpha value is -1.40. The molecule has 1 aromatic heterocycles. The van der Waals surface area contributed by atoms with Gasteiger partial charge < -0.3 is 15.7 Å². The van der Waals surface area contributed by atoms with Crippen molar-refractivity contribution in [2.75, 3.05) is 11.9 Å². The third-order valence-electron chi connectivity index (χ3n) is 4.28. The van der Waals surface area contributed by atoms with E-state index in [1.165, 1.54) is 11.3 Å². The molecule has 3 N–H and O–H groups in total. The lowest BCUT2D eigenvalue weighted by Crippen LogP contribution is -2.49. The number of nitrogens with one attached hydrogen (secondary N) is 2. The first kappa shape index (κ1) is 17.9. The molecule has 1 aliphatic carbocycles. The largest absolute Gasteiger partial charge is 0.394 e. The van der Waals surface area contributed by atoms with E-state index in [1.807, 2.05) is 33.8 Å². The van der Waals surface area contributed by atoms with Gasteiger partial charge in [0.1, 0.15) is 0 Å². The summed E-state index contributed by atoms with van der Waals surface area (Å²) >= 11 is 1.28. The number of carbonyl (C=O) groups is 2. The van der Waals surface area contributed by atoms with Crippen LogP contribution < -0.4 is 10.6 Å². The summed E-state index contributed by atoms with van der Waals surface area (Å²) in [5.41, 5.74) is -0.129. The third-order valence-corrected chi connectivity index (χ3v) is 5.44. The normalized spacial score (nSPS) is 17.1.